The molecule has 0 aromatic heterocycles. The van der Waals surface area contributed by atoms with E-state index in [2.05, 4.69) is 10.0 Å². The van der Waals surface area contributed by atoms with Crippen LogP contribution in [0.2, 0.25) is 0 Å². The summed E-state index contributed by atoms with van der Waals surface area (Å²) < 4.78 is 37.7. The third kappa shape index (κ3) is 4.01. The molecule has 0 atom stereocenters. The van der Waals surface area contributed by atoms with Crippen LogP contribution in [0.5, 0.6) is 0 Å². The Morgan fingerprint density at radius 3 is 2.71 bits per heavy atom. The maximum atomic E-state index is 13.4. The Labute approximate surface area is 99.3 Å². The normalized spacial score (nSPS) is 10.9. The fraction of sp³-hybridized carbons (Fsp3) is 0.300. The van der Waals surface area contributed by atoms with E-state index in [-0.39, 0.29) is 23.5 Å². The van der Waals surface area contributed by atoms with Gasteiger partial charge in [0, 0.05) is 6.54 Å². The van der Waals surface area contributed by atoms with Crippen molar-refractivity contribution in [1.82, 2.24) is 4.72 Å². The van der Waals surface area contributed by atoms with Crippen molar-refractivity contribution in [2.75, 3.05) is 24.7 Å². The van der Waals surface area contributed by atoms with Gasteiger partial charge in [-0.05, 0) is 25.2 Å². The molecule has 92 valence electrons. The molecule has 0 aliphatic carbocycles. The van der Waals surface area contributed by atoms with Crippen LogP contribution < -0.4 is 10.0 Å². The van der Waals surface area contributed by atoms with Crippen molar-refractivity contribution in [2.24, 2.45) is 0 Å². The number of hydrogen-bond donors (Lipinski definition) is 2. The molecule has 1 aromatic carbocycles. The number of rotatable bonds is 5. The molecule has 0 bridgehead atoms. The number of nitrogens with one attached hydrogen (secondary N) is 2. The molecule has 0 aliphatic rings. The zero-order chi connectivity index (χ0) is 12.9. The molecular weight excluding hydrogens is 245 g/mol. The molecule has 17 heavy (non-hydrogen) atoms. The number of nitriles is 1. The number of halogens is 1. The molecule has 0 heterocycles. The minimum absolute atomic E-state index is 0.0893. The van der Waals surface area contributed by atoms with Crippen LogP contribution in [0.15, 0.2) is 18.2 Å². The molecule has 5 nitrogen and oxygen atoms in total. The zero-order valence-corrected chi connectivity index (χ0v) is 10.0. The van der Waals surface area contributed by atoms with Crippen LogP contribution >= 0.6 is 0 Å². The molecule has 0 aliphatic heterocycles. The van der Waals surface area contributed by atoms with Crippen LogP contribution in [-0.2, 0) is 10.0 Å². The van der Waals surface area contributed by atoms with Crippen LogP contribution in [0.25, 0.3) is 0 Å². The summed E-state index contributed by atoms with van der Waals surface area (Å²) in [6.07, 6.45) is 0. The lowest BCUT2D eigenvalue weighted by molar-refractivity contribution is 0.588. The van der Waals surface area contributed by atoms with E-state index >= 15 is 0 Å². The molecule has 0 spiro atoms. The first-order chi connectivity index (χ1) is 7.98. The molecule has 2 N–H and O–H groups in total. The van der Waals surface area contributed by atoms with Gasteiger partial charge < -0.3 is 5.32 Å². The van der Waals surface area contributed by atoms with Gasteiger partial charge in [0.2, 0.25) is 10.0 Å². The Bertz CT molecular complexity index is 537. The fourth-order valence-corrected chi connectivity index (χ4v) is 1.73. The highest BCUT2D eigenvalue weighted by Gasteiger charge is 2.07. The highest BCUT2D eigenvalue weighted by molar-refractivity contribution is 7.89. The Kier molecular flexibility index (Phi) is 4.43. The van der Waals surface area contributed by atoms with Gasteiger partial charge in [-0.25, -0.2) is 17.5 Å². The van der Waals surface area contributed by atoms with E-state index in [1.54, 1.807) is 0 Å². The number of nitrogens with zero attached hydrogens (tertiary/aromatic N) is 1. The lowest BCUT2D eigenvalue weighted by atomic mass is 10.2. The smallest absolute Gasteiger partial charge is 0.213 e. The molecule has 0 unspecified atom stereocenters. The maximum Gasteiger partial charge on any atom is 0.213 e. The topological polar surface area (TPSA) is 82.0 Å². The van der Waals surface area contributed by atoms with Crippen LogP contribution in [-0.4, -0.2) is 27.8 Å². The van der Waals surface area contributed by atoms with E-state index in [1.807, 2.05) is 6.07 Å². The fourth-order valence-electron chi connectivity index (χ4n) is 1.15. The second-order valence-corrected chi connectivity index (χ2v) is 5.30. The maximum absolute atomic E-state index is 13.4. The predicted molar refractivity (Wildman–Crippen MR) is 62.5 cm³/mol. The predicted octanol–water partition coefficient (Wildman–Crippen LogP) is 0.658. The van der Waals surface area contributed by atoms with Gasteiger partial charge in [-0.15, -0.1) is 0 Å². The molecule has 0 saturated heterocycles. The number of hydrogen-bond acceptors (Lipinski definition) is 4. The monoisotopic (exact) mass is 257 g/mol. The summed E-state index contributed by atoms with van der Waals surface area (Å²) in [7, 11) is -1.99. The van der Waals surface area contributed by atoms with E-state index in [9.17, 15) is 12.8 Å². The summed E-state index contributed by atoms with van der Waals surface area (Å²) in [4.78, 5) is 0. The molecule has 1 aromatic rings. The van der Waals surface area contributed by atoms with Gasteiger partial charge in [-0.2, -0.15) is 5.26 Å². The Hall–Kier alpha value is -1.65. The summed E-state index contributed by atoms with van der Waals surface area (Å²) >= 11 is 0. The Morgan fingerprint density at radius 1 is 1.47 bits per heavy atom. The van der Waals surface area contributed by atoms with Gasteiger partial charge >= 0.3 is 0 Å². The largest absolute Gasteiger partial charge is 0.382 e. The summed E-state index contributed by atoms with van der Waals surface area (Å²) in [5.74, 6) is -0.728. The molecule has 7 heteroatoms. The van der Waals surface area contributed by atoms with Crippen molar-refractivity contribution in [3.05, 3.63) is 29.6 Å². The van der Waals surface area contributed by atoms with E-state index in [0.29, 0.717) is 0 Å². The van der Waals surface area contributed by atoms with E-state index in [0.717, 1.165) is 6.07 Å². The summed E-state index contributed by atoms with van der Waals surface area (Å²) in [6, 6.07) is 5.76. The van der Waals surface area contributed by atoms with Gasteiger partial charge in [0.25, 0.3) is 0 Å². The van der Waals surface area contributed by atoms with Gasteiger partial charge in [-0.1, -0.05) is 0 Å². The third-order valence-electron chi connectivity index (χ3n) is 2.10. The van der Waals surface area contributed by atoms with Crippen LogP contribution in [0.3, 0.4) is 0 Å². The average Bonchev–Trinajstić information content (AvgIpc) is 2.31. The molecule has 0 saturated carbocycles. The first-order valence-corrected chi connectivity index (χ1v) is 6.48. The van der Waals surface area contributed by atoms with E-state index < -0.39 is 15.8 Å². The first kappa shape index (κ1) is 13.4. The average molecular weight is 257 g/mol. The lowest BCUT2D eigenvalue weighted by Gasteiger charge is -2.07. The minimum Gasteiger partial charge on any atom is -0.382 e. The van der Waals surface area contributed by atoms with Crippen molar-refractivity contribution in [2.45, 2.75) is 0 Å². The first-order valence-electron chi connectivity index (χ1n) is 4.83. The Balaban J connectivity index is 2.62. The molecule has 0 fully saturated rings. The second kappa shape index (κ2) is 5.61. The molecule has 0 radical (unpaired) electrons. The van der Waals surface area contributed by atoms with Gasteiger partial charge in [-0.3, -0.25) is 0 Å². The lowest BCUT2D eigenvalue weighted by Crippen LogP contribution is -2.26. The van der Waals surface area contributed by atoms with Crippen molar-refractivity contribution in [3.8, 4) is 6.07 Å². The second-order valence-electron chi connectivity index (χ2n) is 3.26. The van der Waals surface area contributed by atoms with Crippen LogP contribution in [0, 0.1) is 17.1 Å². The quantitative estimate of drug-likeness (QED) is 0.811. The van der Waals surface area contributed by atoms with Crippen molar-refractivity contribution < 1.29 is 12.8 Å². The van der Waals surface area contributed by atoms with Gasteiger partial charge in [0.1, 0.15) is 5.82 Å². The standard InChI is InChI=1S/C10H12FN3O2S/c1-13-17(15,16)5-4-14-10-3-2-8(7-12)6-9(10)11/h2-3,6,13-14H,4-5H2,1H3. The molecule has 0 amide bonds. The summed E-state index contributed by atoms with van der Waals surface area (Å²) in [6.45, 7) is 0.0893. The zero-order valence-electron chi connectivity index (χ0n) is 9.20. The van der Waals surface area contributed by atoms with Gasteiger partial charge in [0.15, 0.2) is 0 Å². The van der Waals surface area contributed by atoms with Crippen LogP contribution in [0.4, 0.5) is 10.1 Å². The Morgan fingerprint density at radius 2 is 2.18 bits per heavy atom. The summed E-state index contributed by atoms with van der Waals surface area (Å²) in [5, 5.41) is 11.2. The minimum atomic E-state index is -3.30. The van der Waals surface area contributed by atoms with Crippen molar-refractivity contribution in [3.63, 3.8) is 0 Å². The summed E-state index contributed by atoms with van der Waals surface area (Å²) in [5.41, 5.74) is 0.395. The van der Waals surface area contributed by atoms with Crippen LogP contribution in [0.1, 0.15) is 5.56 Å². The number of benzene rings is 1. The van der Waals surface area contributed by atoms with Gasteiger partial charge in [0.05, 0.1) is 23.1 Å². The highest BCUT2D eigenvalue weighted by atomic mass is 32.2. The van der Waals surface area contributed by atoms with E-state index in [4.69, 9.17) is 5.26 Å². The van der Waals surface area contributed by atoms with Crippen molar-refractivity contribution >= 4 is 15.7 Å². The highest BCUT2D eigenvalue weighted by Crippen LogP contribution is 2.14. The third-order valence-corrected chi connectivity index (χ3v) is 3.46. The molecular formula is C10H12FN3O2S. The van der Waals surface area contributed by atoms with E-state index in [1.165, 1.54) is 19.2 Å². The van der Waals surface area contributed by atoms with Crippen molar-refractivity contribution in [1.29, 1.82) is 5.26 Å². The number of anilines is 1. The SMILES string of the molecule is CNS(=O)(=O)CCNc1ccc(C#N)cc1F. The number of sulfonamides is 1. The molecule has 1 rings (SSSR count).